The van der Waals surface area contributed by atoms with Gasteiger partial charge in [-0.3, -0.25) is 14.9 Å². The Kier molecular flexibility index (Phi) is 4.44. The van der Waals surface area contributed by atoms with Crippen LogP contribution in [0.2, 0.25) is 0 Å². The van der Waals surface area contributed by atoms with E-state index in [1.165, 1.54) is 19.2 Å². The number of nitro groups is 1. The summed E-state index contributed by atoms with van der Waals surface area (Å²) in [5.74, 6) is -0.365. The van der Waals surface area contributed by atoms with Crippen LogP contribution in [-0.4, -0.2) is 17.9 Å². The average Bonchev–Trinajstić information content (AvgIpc) is 2.89. The first-order valence-electron chi connectivity index (χ1n) is 5.74. The maximum Gasteiger partial charge on any atom is 0.326 e. The summed E-state index contributed by atoms with van der Waals surface area (Å²) in [6, 6.07) is 11.9. The smallest absolute Gasteiger partial charge is 0.326 e. The maximum atomic E-state index is 12.1. The lowest BCUT2D eigenvalue weighted by Crippen LogP contribution is -2.22. The van der Waals surface area contributed by atoms with Crippen LogP contribution in [0.25, 0.3) is 0 Å². The quantitative estimate of drug-likeness (QED) is 0.678. The number of nitrogens with zero attached hydrogens (tertiary/aromatic N) is 1. The topological polar surface area (TPSA) is 81.5 Å². The Hall–Kier alpha value is -2.25. The molecule has 1 aromatic carbocycles. The van der Waals surface area contributed by atoms with E-state index in [1.807, 2.05) is 18.2 Å². The number of hydrogen-bond donors (Lipinski definition) is 1. The van der Waals surface area contributed by atoms with E-state index in [1.54, 1.807) is 12.1 Å². The largest absolute Gasteiger partial charge is 0.367 e. The standard InChI is InChI=1S/C13H12N2O4S/c1-19-12(9-5-3-2-4-6-9)13(16)14-10-7-8-11(20-10)15(17)18/h2-8,12H,1H3,(H,14,16). The van der Waals surface area contributed by atoms with Crippen LogP contribution in [0.1, 0.15) is 11.7 Å². The molecule has 0 spiro atoms. The lowest BCUT2D eigenvalue weighted by Gasteiger charge is -2.14. The number of methoxy groups -OCH3 is 1. The lowest BCUT2D eigenvalue weighted by molar-refractivity contribution is -0.380. The first-order valence-corrected chi connectivity index (χ1v) is 6.56. The molecule has 0 saturated heterocycles. The molecule has 0 bridgehead atoms. The van der Waals surface area contributed by atoms with Crippen molar-refractivity contribution >= 4 is 27.2 Å². The van der Waals surface area contributed by atoms with Gasteiger partial charge in [-0.1, -0.05) is 30.3 Å². The Morgan fingerprint density at radius 1 is 1.30 bits per heavy atom. The normalized spacial score (nSPS) is 11.8. The van der Waals surface area contributed by atoms with E-state index in [4.69, 9.17) is 4.74 Å². The Morgan fingerprint density at radius 2 is 2.00 bits per heavy atom. The van der Waals surface area contributed by atoms with Crippen molar-refractivity contribution in [2.45, 2.75) is 6.10 Å². The number of ether oxygens (including phenoxy) is 1. The number of benzene rings is 1. The van der Waals surface area contributed by atoms with Crippen LogP contribution in [0, 0.1) is 10.1 Å². The SMILES string of the molecule is COC(C(=O)Nc1ccc([N+](=O)[O-])s1)c1ccccc1. The van der Waals surface area contributed by atoms with Crippen LogP contribution in [0.15, 0.2) is 42.5 Å². The minimum Gasteiger partial charge on any atom is -0.367 e. The van der Waals surface area contributed by atoms with Crippen LogP contribution in [0.3, 0.4) is 0 Å². The fraction of sp³-hybridized carbons (Fsp3) is 0.154. The van der Waals surface area contributed by atoms with Crippen molar-refractivity contribution in [2.24, 2.45) is 0 Å². The predicted octanol–water partition coefficient (Wildman–Crippen LogP) is 2.98. The molecule has 2 aromatic rings. The maximum absolute atomic E-state index is 12.1. The van der Waals surface area contributed by atoms with Crippen molar-refractivity contribution in [1.29, 1.82) is 0 Å². The molecule has 1 N–H and O–H groups in total. The monoisotopic (exact) mass is 292 g/mol. The van der Waals surface area contributed by atoms with Crippen LogP contribution < -0.4 is 5.32 Å². The highest BCUT2D eigenvalue weighted by atomic mass is 32.1. The Labute approximate surface area is 119 Å². The second-order valence-corrected chi connectivity index (χ2v) is 4.97. The minimum atomic E-state index is -0.752. The number of nitrogens with one attached hydrogen (secondary N) is 1. The van der Waals surface area contributed by atoms with Gasteiger partial charge in [0.1, 0.15) is 5.00 Å². The summed E-state index contributed by atoms with van der Waals surface area (Å²) in [7, 11) is 1.44. The number of carbonyl (C=O) groups excluding carboxylic acids is 1. The first kappa shape index (κ1) is 14.2. The van der Waals surface area contributed by atoms with E-state index in [0.29, 0.717) is 5.00 Å². The lowest BCUT2D eigenvalue weighted by atomic mass is 10.1. The molecule has 1 amide bonds. The highest BCUT2D eigenvalue weighted by Gasteiger charge is 2.21. The van der Waals surface area contributed by atoms with Gasteiger partial charge in [-0.25, -0.2) is 0 Å². The van der Waals surface area contributed by atoms with Crippen molar-refractivity contribution in [2.75, 3.05) is 12.4 Å². The predicted molar refractivity (Wildman–Crippen MR) is 75.8 cm³/mol. The summed E-state index contributed by atoms with van der Waals surface area (Å²) in [5, 5.41) is 13.6. The van der Waals surface area contributed by atoms with Crippen molar-refractivity contribution < 1.29 is 14.5 Å². The molecule has 2 rings (SSSR count). The van der Waals surface area contributed by atoms with E-state index >= 15 is 0 Å². The molecule has 0 aliphatic carbocycles. The first-order chi connectivity index (χ1) is 9.61. The molecule has 1 unspecified atom stereocenters. The number of carbonyl (C=O) groups is 1. The van der Waals surface area contributed by atoms with E-state index in [9.17, 15) is 14.9 Å². The van der Waals surface area contributed by atoms with Gasteiger partial charge in [-0.15, -0.1) is 0 Å². The summed E-state index contributed by atoms with van der Waals surface area (Å²) in [4.78, 5) is 22.2. The summed E-state index contributed by atoms with van der Waals surface area (Å²) < 4.78 is 5.18. The van der Waals surface area contributed by atoms with Crippen molar-refractivity contribution in [3.8, 4) is 0 Å². The molecule has 1 heterocycles. The third-order valence-corrected chi connectivity index (χ3v) is 3.55. The third kappa shape index (κ3) is 3.19. The second-order valence-electron chi connectivity index (χ2n) is 3.91. The molecule has 0 aliphatic rings. The fourth-order valence-corrected chi connectivity index (χ4v) is 2.43. The molecule has 0 saturated carbocycles. The molecule has 6 nitrogen and oxygen atoms in total. The molecule has 1 atom stereocenters. The molecule has 7 heteroatoms. The van der Waals surface area contributed by atoms with Crippen molar-refractivity contribution in [3.63, 3.8) is 0 Å². The zero-order chi connectivity index (χ0) is 14.5. The minimum absolute atomic E-state index is 0.0195. The molecule has 0 aliphatic heterocycles. The fourth-order valence-electron chi connectivity index (χ4n) is 1.70. The van der Waals surface area contributed by atoms with Gasteiger partial charge in [-0.05, 0) is 23.0 Å². The molecular weight excluding hydrogens is 280 g/mol. The molecule has 0 radical (unpaired) electrons. The molecule has 20 heavy (non-hydrogen) atoms. The van der Waals surface area contributed by atoms with E-state index in [2.05, 4.69) is 5.32 Å². The average molecular weight is 292 g/mol. The van der Waals surface area contributed by atoms with Gasteiger partial charge in [0, 0.05) is 13.2 Å². The van der Waals surface area contributed by atoms with Crippen LogP contribution >= 0.6 is 11.3 Å². The van der Waals surface area contributed by atoms with Gasteiger partial charge in [0.05, 0.1) is 4.92 Å². The van der Waals surface area contributed by atoms with E-state index < -0.39 is 11.0 Å². The Balaban J connectivity index is 2.11. The highest BCUT2D eigenvalue weighted by Crippen LogP contribution is 2.29. The van der Waals surface area contributed by atoms with Gasteiger partial charge in [0.2, 0.25) is 0 Å². The van der Waals surface area contributed by atoms with Crippen LogP contribution in [-0.2, 0) is 9.53 Å². The van der Waals surface area contributed by atoms with Crippen LogP contribution in [0.5, 0.6) is 0 Å². The van der Waals surface area contributed by atoms with Gasteiger partial charge >= 0.3 is 5.00 Å². The number of hydrogen-bond acceptors (Lipinski definition) is 5. The Morgan fingerprint density at radius 3 is 2.55 bits per heavy atom. The van der Waals surface area contributed by atoms with Gasteiger partial charge in [0.25, 0.3) is 5.91 Å². The zero-order valence-electron chi connectivity index (χ0n) is 10.6. The zero-order valence-corrected chi connectivity index (χ0v) is 11.4. The summed E-state index contributed by atoms with van der Waals surface area (Å²) in [5.41, 5.74) is 0.721. The van der Waals surface area contributed by atoms with Gasteiger partial charge in [0.15, 0.2) is 6.10 Å². The van der Waals surface area contributed by atoms with E-state index in [0.717, 1.165) is 16.9 Å². The summed E-state index contributed by atoms with van der Waals surface area (Å²) in [6.45, 7) is 0. The number of rotatable bonds is 5. The van der Waals surface area contributed by atoms with Crippen molar-refractivity contribution in [1.82, 2.24) is 0 Å². The summed E-state index contributed by atoms with van der Waals surface area (Å²) >= 11 is 0.906. The number of anilines is 1. The molecule has 1 aromatic heterocycles. The molecule has 104 valence electrons. The Bertz CT molecular complexity index is 612. The molecule has 0 fully saturated rings. The molecular formula is C13H12N2O4S. The van der Waals surface area contributed by atoms with E-state index in [-0.39, 0.29) is 10.9 Å². The highest BCUT2D eigenvalue weighted by molar-refractivity contribution is 7.19. The van der Waals surface area contributed by atoms with Crippen LogP contribution in [0.4, 0.5) is 10.0 Å². The second kappa shape index (κ2) is 6.27. The number of amides is 1. The third-order valence-electron chi connectivity index (χ3n) is 2.59. The van der Waals surface area contributed by atoms with Crippen molar-refractivity contribution in [3.05, 3.63) is 58.1 Å². The van der Waals surface area contributed by atoms with Gasteiger partial charge in [-0.2, -0.15) is 0 Å². The number of thiophene rings is 1. The van der Waals surface area contributed by atoms with Gasteiger partial charge < -0.3 is 10.1 Å². The summed E-state index contributed by atoms with van der Waals surface area (Å²) in [6.07, 6.45) is -0.752.